The molecule has 0 aromatic heterocycles. The van der Waals surface area contributed by atoms with Gasteiger partial charge in [-0.1, -0.05) is 18.2 Å². The highest BCUT2D eigenvalue weighted by Gasteiger charge is 2.36. The van der Waals surface area contributed by atoms with Gasteiger partial charge in [0.2, 0.25) is 11.7 Å². The van der Waals surface area contributed by atoms with Gasteiger partial charge in [0.25, 0.3) is 0 Å². The molecular formula is C21H25N3O4. The third-order valence-electron chi connectivity index (χ3n) is 5.06. The lowest BCUT2D eigenvalue weighted by atomic mass is 9.86. The van der Waals surface area contributed by atoms with Crippen LogP contribution in [0.5, 0.6) is 17.2 Å². The first-order valence-electron chi connectivity index (χ1n) is 8.85. The summed E-state index contributed by atoms with van der Waals surface area (Å²) in [5.74, 6) is 1.84. The molecule has 148 valence electrons. The number of carbonyl (C=O) groups is 1. The Balaban J connectivity index is 2.09. The first-order valence-corrected chi connectivity index (χ1v) is 8.85. The number of hydrogen-bond donors (Lipinski definition) is 1. The van der Waals surface area contributed by atoms with E-state index >= 15 is 0 Å². The zero-order valence-corrected chi connectivity index (χ0v) is 16.8. The number of amides is 1. The standard InChI is InChI=1S/C21H25N3O4/c1-21(12-18(25)24(2)20(22)23-21)15-8-6-7-13(9-15)14-10-16(26-3)19(28-5)17(11-14)27-4/h6-11H,12H2,1-5H3,(H2,22,23). The molecule has 7 heteroatoms. The van der Waals surface area contributed by atoms with Crippen molar-refractivity contribution in [2.75, 3.05) is 28.4 Å². The van der Waals surface area contributed by atoms with Crippen molar-refractivity contribution in [2.45, 2.75) is 18.9 Å². The molecule has 0 radical (unpaired) electrons. The largest absolute Gasteiger partial charge is 0.493 e. The van der Waals surface area contributed by atoms with E-state index in [1.807, 2.05) is 43.3 Å². The number of benzene rings is 2. The molecule has 2 N–H and O–H groups in total. The van der Waals surface area contributed by atoms with Gasteiger partial charge in [0.15, 0.2) is 17.5 Å². The third kappa shape index (κ3) is 3.35. The molecule has 3 rings (SSSR count). The summed E-state index contributed by atoms with van der Waals surface area (Å²) in [6.45, 7) is 1.92. The normalized spacial score (nSPS) is 19.2. The van der Waals surface area contributed by atoms with Gasteiger partial charge in [0.05, 0.1) is 33.3 Å². The van der Waals surface area contributed by atoms with Crippen LogP contribution in [-0.4, -0.2) is 45.1 Å². The number of carbonyl (C=O) groups excluding carboxylic acids is 1. The summed E-state index contributed by atoms with van der Waals surface area (Å²) in [7, 11) is 6.37. The van der Waals surface area contributed by atoms with Crippen molar-refractivity contribution >= 4 is 11.9 Å². The fraction of sp³-hybridized carbons (Fsp3) is 0.333. The lowest BCUT2D eigenvalue weighted by molar-refractivity contribution is -0.128. The Kier molecular flexibility index (Phi) is 5.18. The Bertz CT molecular complexity index is 916. The summed E-state index contributed by atoms with van der Waals surface area (Å²) in [4.78, 5) is 18.3. The highest BCUT2D eigenvalue weighted by atomic mass is 16.5. The molecule has 1 amide bonds. The molecule has 1 atom stereocenters. The minimum absolute atomic E-state index is 0.0619. The Morgan fingerprint density at radius 2 is 1.68 bits per heavy atom. The smallest absolute Gasteiger partial charge is 0.231 e. The molecule has 1 aliphatic rings. The van der Waals surface area contributed by atoms with E-state index in [1.165, 1.54) is 4.90 Å². The SMILES string of the molecule is COc1cc(-c2cccc(C3(C)CC(=O)N(C)C(N)=N3)c2)cc(OC)c1OC. The molecule has 2 aromatic rings. The van der Waals surface area contributed by atoms with Crippen LogP contribution in [0.4, 0.5) is 0 Å². The molecule has 0 saturated heterocycles. The van der Waals surface area contributed by atoms with E-state index < -0.39 is 5.54 Å². The molecule has 1 aliphatic heterocycles. The average molecular weight is 383 g/mol. The molecule has 2 aromatic carbocycles. The zero-order chi connectivity index (χ0) is 20.5. The number of guanidine groups is 1. The fourth-order valence-corrected chi connectivity index (χ4v) is 3.36. The van der Waals surface area contributed by atoms with Gasteiger partial charge in [0.1, 0.15) is 0 Å². The molecule has 0 spiro atoms. The molecular weight excluding hydrogens is 358 g/mol. The monoisotopic (exact) mass is 383 g/mol. The molecule has 0 bridgehead atoms. The third-order valence-corrected chi connectivity index (χ3v) is 5.06. The lowest BCUT2D eigenvalue weighted by Crippen LogP contribution is -2.47. The Morgan fingerprint density at radius 3 is 2.21 bits per heavy atom. The molecule has 1 unspecified atom stereocenters. The molecule has 0 fully saturated rings. The van der Waals surface area contributed by atoms with Gasteiger partial charge in [0, 0.05) is 7.05 Å². The number of methoxy groups -OCH3 is 3. The van der Waals surface area contributed by atoms with E-state index in [0.717, 1.165) is 16.7 Å². The van der Waals surface area contributed by atoms with Crippen LogP contribution in [0.25, 0.3) is 11.1 Å². The molecule has 0 saturated carbocycles. The summed E-state index contributed by atoms with van der Waals surface area (Å²) < 4.78 is 16.3. The van der Waals surface area contributed by atoms with Crippen LogP contribution in [0.2, 0.25) is 0 Å². The van der Waals surface area contributed by atoms with Gasteiger partial charge < -0.3 is 19.9 Å². The minimum Gasteiger partial charge on any atom is -0.493 e. The minimum atomic E-state index is -0.718. The van der Waals surface area contributed by atoms with Gasteiger partial charge in [-0.3, -0.25) is 9.69 Å². The van der Waals surface area contributed by atoms with Crippen LogP contribution >= 0.6 is 0 Å². The summed E-state index contributed by atoms with van der Waals surface area (Å²) in [6.07, 6.45) is 0.253. The number of nitrogens with two attached hydrogens (primary N) is 1. The Hall–Kier alpha value is -3.22. The Labute approximate surface area is 164 Å². The zero-order valence-electron chi connectivity index (χ0n) is 16.8. The van der Waals surface area contributed by atoms with Gasteiger partial charge >= 0.3 is 0 Å². The predicted molar refractivity (Wildman–Crippen MR) is 108 cm³/mol. The van der Waals surface area contributed by atoms with E-state index in [4.69, 9.17) is 19.9 Å². The van der Waals surface area contributed by atoms with Crippen molar-refractivity contribution in [3.63, 3.8) is 0 Å². The van der Waals surface area contributed by atoms with Crippen LogP contribution in [0, 0.1) is 0 Å². The summed E-state index contributed by atoms with van der Waals surface area (Å²) >= 11 is 0. The van der Waals surface area contributed by atoms with Crippen LogP contribution in [0.3, 0.4) is 0 Å². The maximum absolute atomic E-state index is 12.3. The van der Waals surface area contributed by atoms with Crippen molar-refractivity contribution in [3.8, 4) is 28.4 Å². The maximum Gasteiger partial charge on any atom is 0.231 e. The lowest BCUT2D eigenvalue weighted by Gasteiger charge is -2.33. The first-order chi connectivity index (χ1) is 13.3. The second kappa shape index (κ2) is 7.42. The highest BCUT2D eigenvalue weighted by Crippen LogP contribution is 2.42. The van der Waals surface area contributed by atoms with Gasteiger partial charge in [-0.05, 0) is 41.8 Å². The number of hydrogen-bond acceptors (Lipinski definition) is 6. The van der Waals surface area contributed by atoms with E-state index in [-0.39, 0.29) is 18.3 Å². The Morgan fingerprint density at radius 1 is 1.04 bits per heavy atom. The van der Waals surface area contributed by atoms with Crippen molar-refractivity contribution in [2.24, 2.45) is 10.7 Å². The summed E-state index contributed by atoms with van der Waals surface area (Å²) in [5, 5.41) is 0. The van der Waals surface area contributed by atoms with E-state index in [1.54, 1.807) is 28.4 Å². The quantitative estimate of drug-likeness (QED) is 0.858. The highest BCUT2D eigenvalue weighted by molar-refractivity contribution is 5.98. The predicted octanol–water partition coefficient (Wildman–Crippen LogP) is 2.77. The number of aliphatic imine (C=N–C) groups is 1. The van der Waals surface area contributed by atoms with E-state index in [2.05, 4.69) is 4.99 Å². The molecule has 0 aliphatic carbocycles. The number of nitrogens with zero attached hydrogens (tertiary/aromatic N) is 2. The van der Waals surface area contributed by atoms with Crippen LogP contribution in [0.15, 0.2) is 41.4 Å². The van der Waals surface area contributed by atoms with Crippen molar-refractivity contribution in [3.05, 3.63) is 42.0 Å². The molecule has 1 heterocycles. The van der Waals surface area contributed by atoms with Crippen LogP contribution < -0.4 is 19.9 Å². The van der Waals surface area contributed by atoms with Crippen molar-refractivity contribution in [1.82, 2.24) is 4.90 Å². The summed E-state index contributed by atoms with van der Waals surface area (Å²) in [6, 6.07) is 11.7. The maximum atomic E-state index is 12.3. The van der Waals surface area contributed by atoms with Crippen LogP contribution in [0.1, 0.15) is 18.9 Å². The summed E-state index contributed by atoms with van der Waals surface area (Å²) in [5.41, 5.74) is 7.98. The van der Waals surface area contributed by atoms with Gasteiger partial charge in [-0.2, -0.15) is 0 Å². The van der Waals surface area contributed by atoms with E-state index in [0.29, 0.717) is 17.2 Å². The number of ether oxygens (including phenoxy) is 3. The second-order valence-electron chi connectivity index (χ2n) is 6.87. The van der Waals surface area contributed by atoms with Crippen molar-refractivity contribution in [1.29, 1.82) is 0 Å². The van der Waals surface area contributed by atoms with Crippen LogP contribution in [-0.2, 0) is 10.3 Å². The molecule has 28 heavy (non-hydrogen) atoms. The van der Waals surface area contributed by atoms with Gasteiger partial charge in [-0.25, -0.2) is 4.99 Å². The van der Waals surface area contributed by atoms with Crippen molar-refractivity contribution < 1.29 is 19.0 Å². The fourth-order valence-electron chi connectivity index (χ4n) is 3.36. The van der Waals surface area contributed by atoms with Gasteiger partial charge in [-0.15, -0.1) is 0 Å². The second-order valence-corrected chi connectivity index (χ2v) is 6.87. The number of rotatable bonds is 5. The molecule has 7 nitrogen and oxygen atoms in total. The topological polar surface area (TPSA) is 86.4 Å². The average Bonchev–Trinajstić information content (AvgIpc) is 2.70. The first kappa shape index (κ1) is 19.5. The van der Waals surface area contributed by atoms with E-state index in [9.17, 15) is 4.79 Å².